The normalized spacial score (nSPS) is 16.2. The fourth-order valence-corrected chi connectivity index (χ4v) is 3.29. The predicted octanol–water partition coefficient (Wildman–Crippen LogP) is 4.70. The zero-order valence-electron chi connectivity index (χ0n) is 14.2. The van der Waals surface area contributed by atoms with E-state index in [1.165, 1.54) is 25.0 Å². The smallest absolute Gasteiger partial charge is 0.244 e. The van der Waals surface area contributed by atoms with Crippen LogP contribution in [0.3, 0.4) is 0 Å². The van der Waals surface area contributed by atoms with E-state index in [0.717, 1.165) is 29.8 Å². The van der Waals surface area contributed by atoms with Crippen molar-refractivity contribution >= 4 is 0 Å². The first-order valence-electron chi connectivity index (χ1n) is 8.65. The highest BCUT2D eigenvalue weighted by molar-refractivity contribution is 5.67. The van der Waals surface area contributed by atoms with E-state index in [-0.39, 0.29) is 11.9 Å². The van der Waals surface area contributed by atoms with Crippen molar-refractivity contribution in [2.45, 2.75) is 25.8 Å². The van der Waals surface area contributed by atoms with Gasteiger partial charge in [0.1, 0.15) is 5.82 Å². The average molecular weight is 337 g/mol. The first-order valence-corrected chi connectivity index (χ1v) is 8.65. The fourth-order valence-electron chi connectivity index (χ4n) is 3.29. The minimum absolute atomic E-state index is 0.148. The molecule has 0 amide bonds. The summed E-state index contributed by atoms with van der Waals surface area (Å²) in [5, 5.41) is 4.12. The summed E-state index contributed by atoms with van der Waals surface area (Å²) in [6, 6.07) is 14.5. The maximum Gasteiger partial charge on any atom is 0.244 e. The molecule has 0 aliphatic carbocycles. The Bertz CT molecular complexity index is 853. The van der Waals surface area contributed by atoms with Crippen LogP contribution in [0.4, 0.5) is 4.39 Å². The van der Waals surface area contributed by atoms with E-state index < -0.39 is 0 Å². The lowest BCUT2D eigenvalue weighted by atomic mass is 10.0. The van der Waals surface area contributed by atoms with Gasteiger partial charge in [-0.25, -0.2) is 4.39 Å². The van der Waals surface area contributed by atoms with Crippen LogP contribution in [-0.2, 0) is 0 Å². The lowest BCUT2D eigenvalue weighted by Crippen LogP contribution is -2.23. The number of benzene rings is 2. The molecule has 0 saturated carbocycles. The van der Waals surface area contributed by atoms with Gasteiger partial charge in [-0.1, -0.05) is 41.6 Å². The molecule has 128 valence electrons. The van der Waals surface area contributed by atoms with Gasteiger partial charge in [-0.3, -0.25) is 4.90 Å². The summed E-state index contributed by atoms with van der Waals surface area (Å²) in [6.45, 7) is 4.28. The number of rotatable bonds is 4. The Hall–Kier alpha value is -2.53. The Morgan fingerprint density at radius 3 is 2.44 bits per heavy atom. The van der Waals surface area contributed by atoms with Crippen LogP contribution < -0.4 is 0 Å². The minimum Gasteiger partial charge on any atom is -0.337 e. The van der Waals surface area contributed by atoms with E-state index in [2.05, 4.69) is 22.0 Å². The molecule has 1 unspecified atom stereocenters. The highest BCUT2D eigenvalue weighted by atomic mass is 19.1. The summed E-state index contributed by atoms with van der Waals surface area (Å²) in [7, 11) is 0. The third kappa shape index (κ3) is 3.33. The van der Waals surface area contributed by atoms with Crippen LogP contribution in [0.25, 0.3) is 22.5 Å². The van der Waals surface area contributed by atoms with E-state index in [0.29, 0.717) is 11.7 Å². The number of hydrogen-bond donors (Lipinski definition) is 0. The van der Waals surface area contributed by atoms with Gasteiger partial charge in [0.25, 0.3) is 0 Å². The van der Waals surface area contributed by atoms with Crippen molar-refractivity contribution in [3.63, 3.8) is 0 Å². The second kappa shape index (κ2) is 6.76. The van der Waals surface area contributed by atoms with Crippen LogP contribution in [0.2, 0.25) is 0 Å². The SMILES string of the molecule is CC(c1nc(-c2ccc(-c3cccc(F)c3)cc2)no1)N1CCCC1. The molecule has 1 aliphatic heterocycles. The van der Waals surface area contributed by atoms with Crippen molar-refractivity contribution in [1.29, 1.82) is 0 Å². The molecule has 0 spiro atoms. The molecule has 1 fully saturated rings. The summed E-state index contributed by atoms with van der Waals surface area (Å²) >= 11 is 0. The zero-order valence-corrected chi connectivity index (χ0v) is 14.2. The summed E-state index contributed by atoms with van der Waals surface area (Å²) < 4.78 is 18.8. The average Bonchev–Trinajstić information content (AvgIpc) is 3.33. The number of hydrogen-bond acceptors (Lipinski definition) is 4. The fraction of sp³-hybridized carbons (Fsp3) is 0.300. The van der Waals surface area contributed by atoms with Crippen LogP contribution in [0.15, 0.2) is 53.1 Å². The van der Waals surface area contributed by atoms with Crippen molar-refractivity contribution in [1.82, 2.24) is 15.0 Å². The van der Waals surface area contributed by atoms with Gasteiger partial charge in [-0.2, -0.15) is 4.98 Å². The summed E-state index contributed by atoms with van der Waals surface area (Å²) in [5.74, 6) is 1.01. The molecule has 4 nitrogen and oxygen atoms in total. The van der Waals surface area contributed by atoms with Gasteiger partial charge in [0.2, 0.25) is 11.7 Å². The zero-order chi connectivity index (χ0) is 17.2. The third-order valence-electron chi connectivity index (χ3n) is 4.79. The molecule has 1 aromatic heterocycles. The maximum absolute atomic E-state index is 13.4. The Morgan fingerprint density at radius 1 is 1.00 bits per heavy atom. The molecule has 0 bridgehead atoms. The van der Waals surface area contributed by atoms with Gasteiger partial charge in [0.15, 0.2) is 0 Å². The largest absolute Gasteiger partial charge is 0.337 e. The molecule has 3 aromatic rings. The lowest BCUT2D eigenvalue weighted by molar-refractivity contribution is 0.209. The second-order valence-electron chi connectivity index (χ2n) is 6.46. The lowest BCUT2D eigenvalue weighted by Gasteiger charge is -2.19. The second-order valence-corrected chi connectivity index (χ2v) is 6.46. The van der Waals surface area contributed by atoms with E-state index >= 15 is 0 Å². The molecule has 0 radical (unpaired) electrons. The molecule has 2 aromatic carbocycles. The molecular weight excluding hydrogens is 317 g/mol. The van der Waals surface area contributed by atoms with Gasteiger partial charge in [0.05, 0.1) is 6.04 Å². The van der Waals surface area contributed by atoms with E-state index in [9.17, 15) is 4.39 Å². The van der Waals surface area contributed by atoms with Crippen molar-refractivity contribution in [3.05, 3.63) is 60.2 Å². The minimum atomic E-state index is -0.236. The standard InChI is InChI=1S/C20H20FN3O/c1-14(24-11-2-3-12-24)20-22-19(23-25-20)16-9-7-15(8-10-16)17-5-4-6-18(21)13-17/h4-10,13-14H,2-3,11-12H2,1H3. The van der Waals surface area contributed by atoms with Crippen LogP contribution in [-0.4, -0.2) is 28.1 Å². The van der Waals surface area contributed by atoms with Crippen LogP contribution in [0, 0.1) is 5.82 Å². The molecular formula is C20H20FN3O. The number of aromatic nitrogens is 2. The summed E-state index contributed by atoms with van der Waals surface area (Å²) in [6.07, 6.45) is 2.46. The molecule has 2 heterocycles. The van der Waals surface area contributed by atoms with Crippen molar-refractivity contribution < 1.29 is 8.91 Å². The molecule has 0 N–H and O–H groups in total. The van der Waals surface area contributed by atoms with E-state index in [1.807, 2.05) is 30.3 Å². The first kappa shape index (κ1) is 16.0. The van der Waals surface area contributed by atoms with Gasteiger partial charge in [0, 0.05) is 5.56 Å². The predicted molar refractivity (Wildman–Crippen MR) is 94.4 cm³/mol. The molecule has 5 heteroatoms. The monoisotopic (exact) mass is 337 g/mol. The molecule has 4 rings (SSSR count). The first-order chi connectivity index (χ1) is 12.2. The number of likely N-dealkylation sites (tertiary alicyclic amines) is 1. The van der Waals surface area contributed by atoms with Gasteiger partial charge < -0.3 is 4.52 Å². The van der Waals surface area contributed by atoms with Gasteiger partial charge in [-0.05, 0) is 56.1 Å². The highest BCUT2D eigenvalue weighted by Gasteiger charge is 2.24. The van der Waals surface area contributed by atoms with Crippen molar-refractivity contribution in [2.75, 3.05) is 13.1 Å². The van der Waals surface area contributed by atoms with Crippen LogP contribution >= 0.6 is 0 Å². The van der Waals surface area contributed by atoms with Crippen molar-refractivity contribution in [2.24, 2.45) is 0 Å². The molecule has 1 saturated heterocycles. The molecule has 25 heavy (non-hydrogen) atoms. The summed E-state index contributed by atoms with van der Waals surface area (Å²) in [4.78, 5) is 6.93. The van der Waals surface area contributed by atoms with Crippen LogP contribution in [0.5, 0.6) is 0 Å². The Kier molecular flexibility index (Phi) is 4.32. The van der Waals surface area contributed by atoms with E-state index in [1.54, 1.807) is 6.07 Å². The Labute approximate surface area is 146 Å². The van der Waals surface area contributed by atoms with Crippen LogP contribution in [0.1, 0.15) is 31.7 Å². The Morgan fingerprint density at radius 2 is 1.72 bits per heavy atom. The van der Waals surface area contributed by atoms with Crippen molar-refractivity contribution in [3.8, 4) is 22.5 Å². The number of halogens is 1. The molecule has 1 atom stereocenters. The Balaban J connectivity index is 1.54. The van der Waals surface area contributed by atoms with E-state index in [4.69, 9.17) is 4.52 Å². The highest BCUT2D eigenvalue weighted by Crippen LogP contribution is 2.27. The number of nitrogens with zero attached hydrogens (tertiary/aromatic N) is 3. The summed E-state index contributed by atoms with van der Waals surface area (Å²) in [5.41, 5.74) is 2.70. The maximum atomic E-state index is 13.4. The van der Waals surface area contributed by atoms with Gasteiger partial charge >= 0.3 is 0 Å². The molecule has 1 aliphatic rings. The van der Waals surface area contributed by atoms with Gasteiger partial charge in [-0.15, -0.1) is 0 Å². The topological polar surface area (TPSA) is 42.2 Å². The third-order valence-corrected chi connectivity index (χ3v) is 4.79. The quantitative estimate of drug-likeness (QED) is 0.692.